The maximum absolute atomic E-state index is 12.9. The van der Waals surface area contributed by atoms with Gasteiger partial charge in [-0.2, -0.15) is 0 Å². The number of nitrogens with zero attached hydrogens (tertiary/aromatic N) is 3. The van der Waals surface area contributed by atoms with Crippen LogP contribution in [0, 0.1) is 0 Å². The highest BCUT2D eigenvalue weighted by atomic mass is 79.9. The Hall–Kier alpha value is -2.77. The van der Waals surface area contributed by atoms with Gasteiger partial charge in [0.15, 0.2) is 5.17 Å². The number of aromatic hydroxyl groups is 1. The van der Waals surface area contributed by atoms with Gasteiger partial charge in [-0.05, 0) is 85.4 Å². The summed E-state index contributed by atoms with van der Waals surface area (Å²) >= 11 is 4.80. The maximum atomic E-state index is 12.9. The maximum Gasteiger partial charge on any atom is 0.266 e. The molecule has 0 radical (unpaired) electrons. The van der Waals surface area contributed by atoms with Gasteiger partial charge in [0.25, 0.3) is 5.91 Å². The van der Waals surface area contributed by atoms with Crippen LogP contribution in [-0.4, -0.2) is 32.2 Å². The molecule has 0 unspecified atom stereocenters. The standard InChI is InChI=1S/C22H18BrN3O2S/c1-2-25-21(28)20(29-22(25)24-16-7-5-15(23)6-8-16)14-18-4-3-13-26(18)17-9-11-19(27)12-10-17/h3-14,27H,2H2,1H3/b20-14-,24-22?. The first-order valence-corrected chi connectivity index (χ1v) is 10.7. The fourth-order valence-electron chi connectivity index (χ4n) is 2.99. The van der Waals surface area contributed by atoms with Crippen LogP contribution >= 0.6 is 27.7 Å². The number of thioether (sulfide) groups is 1. The van der Waals surface area contributed by atoms with Crippen molar-refractivity contribution < 1.29 is 9.90 Å². The van der Waals surface area contributed by atoms with E-state index in [1.54, 1.807) is 17.0 Å². The Balaban J connectivity index is 1.67. The molecule has 2 heterocycles. The Bertz CT molecular complexity index is 1100. The second kappa shape index (κ2) is 8.31. The monoisotopic (exact) mass is 467 g/mol. The number of aliphatic imine (C=N–C) groups is 1. The lowest BCUT2D eigenvalue weighted by atomic mass is 10.3. The third-order valence-corrected chi connectivity index (χ3v) is 5.98. The lowest BCUT2D eigenvalue weighted by molar-refractivity contribution is -0.122. The van der Waals surface area contributed by atoms with Crippen LogP contribution in [0.3, 0.4) is 0 Å². The smallest absolute Gasteiger partial charge is 0.266 e. The molecule has 1 aliphatic rings. The summed E-state index contributed by atoms with van der Waals surface area (Å²) in [5.41, 5.74) is 2.59. The van der Waals surface area contributed by atoms with E-state index in [0.29, 0.717) is 16.6 Å². The minimum atomic E-state index is -0.0492. The number of phenolic OH excluding ortho intramolecular Hbond substituents is 1. The fraction of sp³-hybridized carbons (Fsp3) is 0.0909. The summed E-state index contributed by atoms with van der Waals surface area (Å²) in [6.07, 6.45) is 3.81. The van der Waals surface area contributed by atoms with Crippen molar-refractivity contribution in [3.8, 4) is 11.4 Å². The second-order valence-corrected chi connectivity index (χ2v) is 8.28. The summed E-state index contributed by atoms with van der Waals surface area (Å²) in [6, 6.07) is 18.5. The normalized spacial score (nSPS) is 16.9. The van der Waals surface area contributed by atoms with Crippen molar-refractivity contribution in [1.82, 2.24) is 9.47 Å². The molecule has 1 aliphatic heterocycles. The van der Waals surface area contributed by atoms with Crippen LogP contribution in [0.15, 0.2) is 81.2 Å². The number of carbonyl (C=O) groups is 1. The van der Waals surface area contributed by atoms with Gasteiger partial charge in [-0.25, -0.2) is 4.99 Å². The molecule has 1 saturated heterocycles. The highest BCUT2D eigenvalue weighted by Gasteiger charge is 2.32. The van der Waals surface area contributed by atoms with E-state index < -0.39 is 0 Å². The van der Waals surface area contributed by atoms with Crippen LogP contribution in [0.4, 0.5) is 5.69 Å². The molecule has 0 bridgehead atoms. The van der Waals surface area contributed by atoms with Crippen LogP contribution < -0.4 is 0 Å². The zero-order valence-corrected chi connectivity index (χ0v) is 18.0. The topological polar surface area (TPSA) is 57.8 Å². The van der Waals surface area contributed by atoms with Crippen molar-refractivity contribution in [3.63, 3.8) is 0 Å². The molecule has 0 saturated carbocycles. The van der Waals surface area contributed by atoms with Crippen LogP contribution in [0.5, 0.6) is 5.75 Å². The van der Waals surface area contributed by atoms with Gasteiger partial charge in [0.1, 0.15) is 5.75 Å². The Morgan fingerprint density at radius 3 is 2.52 bits per heavy atom. The number of hydrogen-bond donors (Lipinski definition) is 1. The summed E-state index contributed by atoms with van der Waals surface area (Å²) < 4.78 is 2.96. The first-order valence-electron chi connectivity index (χ1n) is 9.07. The number of phenols is 1. The molecule has 3 aromatic rings. The lowest BCUT2D eigenvalue weighted by Crippen LogP contribution is -2.28. The highest BCUT2D eigenvalue weighted by molar-refractivity contribution is 9.10. The van der Waals surface area contributed by atoms with Gasteiger partial charge in [-0.3, -0.25) is 9.69 Å². The highest BCUT2D eigenvalue weighted by Crippen LogP contribution is 2.34. The average Bonchev–Trinajstić information content (AvgIpc) is 3.29. The number of carbonyl (C=O) groups excluding carboxylic acids is 1. The molecule has 2 aromatic carbocycles. The molecule has 146 valence electrons. The molecule has 0 aliphatic carbocycles. The number of amidine groups is 1. The molecule has 5 nitrogen and oxygen atoms in total. The van der Waals surface area contributed by atoms with Gasteiger partial charge < -0.3 is 9.67 Å². The molecule has 7 heteroatoms. The van der Waals surface area contributed by atoms with E-state index in [0.717, 1.165) is 21.5 Å². The largest absolute Gasteiger partial charge is 0.508 e. The third kappa shape index (κ3) is 4.16. The van der Waals surface area contributed by atoms with Gasteiger partial charge in [0.05, 0.1) is 10.6 Å². The number of halogens is 1. The SMILES string of the molecule is CCN1C(=O)/C(=C/c2cccn2-c2ccc(O)cc2)SC1=Nc1ccc(Br)cc1. The lowest BCUT2D eigenvalue weighted by Gasteiger charge is -2.12. The molecule has 29 heavy (non-hydrogen) atoms. The molecule has 1 aromatic heterocycles. The van der Waals surface area contributed by atoms with Crippen molar-refractivity contribution in [3.05, 3.63) is 81.9 Å². The zero-order chi connectivity index (χ0) is 20.4. The number of hydrogen-bond acceptors (Lipinski definition) is 4. The van der Waals surface area contributed by atoms with Crippen LogP contribution in [0.1, 0.15) is 12.6 Å². The van der Waals surface area contributed by atoms with E-state index >= 15 is 0 Å². The molecule has 0 atom stereocenters. The number of aromatic nitrogens is 1. The van der Waals surface area contributed by atoms with E-state index in [9.17, 15) is 9.90 Å². The molecule has 1 amide bonds. The second-order valence-electron chi connectivity index (χ2n) is 6.35. The minimum absolute atomic E-state index is 0.0492. The van der Waals surface area contributed by atoms with E-state index in [-0.39, 0.29) is 11.7 Å². The Labute approximate surface area is 181 Å². The summed E-state index contributed by atoms with van der Waals surface area (Å²) in [5, 5.41) is 10.2. The van der Waals surface area contributed by atoms with Crippen LogP contribution in [-0.2, 0) is 4.79 Å². The number of likely N-dealkylation sites (N-methyl/N-ethyl adjacent to an activating group) is 1. The van der Waals surface area contributed by atoms with E-state index in [1.165, 1.54) is 11.8 Å². The number of rotatable bonds is 4. The van der Waals surface area contributed by atoms with E-state index in [2.05, 4.69) is 20.9 Å². The molecule has 1 fully saturated rings. The van der Waals surface area contributed by atoms with Gasteiger partial charge in [-0.15, -0.1) is 0 Å². The first kappa shape index (κ1) is 19.5. The predicted octanol–water partition coefficient (Wildman–Crippen LogP) is 5.57. The fourth-order valence-corrected chi connectivity index (χ4v) is 4.30. The van der Waals surface area contributed by atoms with Gasteiger partial charge in [-0.1, -0.05) is 15.9 Å². The number of amides is 1. The third-order valence-electron chi connectivity index (χ3n) is 4.44. The van der Waals surface area contributed by atoms with Gasteiger partial charge in [0.2, 0.25) is 0 Å². The quantitative estimate of drug-likeness (QED) is 0.510. The molecule has 4 rings (SSSR count). The zero-order valence-electron chi connectivity index (χ0n) is 15.6. The summed E-state index contributed by atoms with van der Waals surface area (Å²) in [5.74, 6) is 0.168. The van der Waals surface area contributed by atoms with Crippen molar-refractivity contribution in [2.75, 3.05) is 6.54 Å². The summed E-state index contributed by atoms with van der Waals surface area (Å²) in [6.45, 7) is 2.50. The van der Waals surface area contributed by atoms with Crippen molar-refractivity contribution in [2.45, 2.75) is 6.92 Å². The minimum Gasteiger partial charge on any atom is -0.508 e. The number of benzene rings is 2. The molecule has 0 spiro atoms. The Morgan fingerprint density at radius 2 is 1.83 bits per heavy atom. The van der Waals surface area contributed by atoms with E-state index in [4.69, 9.17) is 0 Å². The Kier molecular flexibility index (Phi) is 5.60. The Morgan fingerprint density at radius 1 is 1.10 bits per heavy atom. The molecular weight excluding hydrogens is 450 g/mol. The van der Waals surface area contributed by atoms with Crippen molar-refractivity contribution in [1.29, 1.82) is 0 Å². The van der Waals surface area contributed by atoms with Crippen molar-refractivity contribution >= 4 is 50.5 Å². The van der Waals surface area contributed by atoms with Gasteiger partial charge >= 0.3 is 0 Å². The van der Waals surface area contributed by atoms with Gasteiger partial charge in [0, 0.05) is 28.6 Å². The van der Waals surface area contributed by atoms with E-state index in [1.807, 2.05) is 72.3 Å². The summed E-state index contributed by atoms with van der Waals surface area (Å²) in [4.78, 5) is 19.9. The summed E-state index contributed by atoms with van der Waals surface area (Å²) in [7, 11) is 0. The van der Waals surface area contributed by atoms with Crippen molar-refractivity contribution in [2.24, 2.45) is 4.99 Å². The average molecular weight is 468 g/mol. The first-order chi connectivity index (χ1) is 14.0. The van der Waals surface area contributed by atoms with Crippen LogP contribution in [0.25, 0.3) is 11.8 Å². The molecule has 1 N–H and O–H groups in total. The predicted molar refractivity (Wildman–Crippen MR) is 122 cm³/mol. The van der Waals surface area contributed by atoms with Crippen LogP contribution in [0.2, 0.25) is 0 Å². The molecular formula is C22H18BrN3O2S.